The predicted molar refractivity (Wildman–Crippen MR) is 129 cm³/mol. The van der Waals surface area contributed by atoms with E-state index in [9.17, 15) is 9.59 Å². The van der Waals surface area contributed by atoms with Gasteiger partial charge in [-0.05, 0) is 52.7 Å². The van der Waals surface area contributed by atoms with Crippen LogP contribution in [0.4, 0.5) is 0 Å². The molecule has 0 saturated carbocycles. The summed E-state index contributed by atoms with van der Waals surface area (Å²) < 4.78 is 10.8. The van der Waals surface area contributed by atoms with E-state index in [1.54, 1.807) is 6.92 Å². The topological polar surface area (TPSA) is 55.8 Å². The first-order valence-corrected chi connectivity index (χ1v) is 12.9. The van der Waals surface area contributed by atoms with Gasteiger partial charge >= 0.3 is 11.9 Å². The maximum atomic E-state index is 12.3. The first-order valence-electron chi connectivity index (χ1n) is 12.9. The van der Waals surface area contributed by atoms with Crippen LogP contribution in [0, 0.1) is 5.92 Å². The largest absolute Gasteiger partial charge is 0.462 e. The molecule has 2 unspecified atom stereocenters. The van der Waals surface area contributed by atoms with Gasteiger partial charge in [-0.3, -0.25) is 9.59 Å². The van der Waals surface area contributed by atoms with E-state index in [2.05, 4.69) is 13.8 Å². The van der Waals surface area contributed by atoms with Crippen molar-refractivity contribution in [2.24, 2.45) is 5.92 Å². The summed E-state index contributed by atoms with van der Waals surface area (Å²) >= 11 is 0. The second kappa shape index (κ2) is 20.8. The molecule has 0 N–H and O–H groups in total. The Morgan fingerprint density at radius 3 is 1.97 bits per heavy atom. The smallest absolute Gasteiger partial charge is 0.306 e. The minimum Gasteiger partial charge on any atom is -0.462 e. The molecular formula is C26H51NO4. The summed E-state index contributed by atoms with van der Waals surface area (Å²) in [5.41, 5.74) is 0. The quantitative estimate of drug-likeness (QED) is 0.150. The monoisotopic (exact) mass is 441 g/mol. The minimum absolute atomic E-state index is 0.149. The summed E-state index contributed by atoms with van der Waals surface area (Å²) in [5, 5.41) is 0. The highest BCUT2D eigenvalue weighted by molar-refractivity contribution is 5.70. The Balaban J connectivity index is 4.04. The molecule has 31 heavy (non-hydrogen) atoms. The van der Waals surface area contributed by atoms with Crippen LogP contribution in [0.3, 0.4) is 0 Å². The van der Waals surface area contributed by atoms with Crippen molar-refractivity contribution in [3.8, 4) is 0 Å². The molecule has 0 spiro atoms. The van der Waals surface area contributed by atoms with Crippen molar-refractivity contribution < 1.29 is 19.1 Å². The first-order chi connectivity index (χ1) is 14.9. The summed E-state index contributed by atoms with van der Waals surface area (Å²) in [7, 11) is 3.96. The number of nitrogens with zero attached hydrogens (tertiary/aromatic N) is 1. The van der Waals surface area contributed by atoms with E-state index in [1.165, 1.54) is 51.4 Å². The second-order valence-electron chi connectivity index (χ2n) is 9.37. The number of carbonyl (C=O) groups excluding carboxylic acids is 2. The Morgan fingerprint density at radius 1 is 0.774 bits per heavy atom. The third kappa shape index (κ3) is 20.6. The zero-order valence-electron chi connectivity index (χ0n) is 21.3. The Labute approximate surface area is 192 Å². The fraction of sp³-hybridized carbons (Fsp3) is 0.923. The van der Waals surface area contributed by atoms with E-state index in [0.717, 1.165) is 38.6 Å². The number of unbranched alkanes of at least 4 members (excludes halogenated alkanes) is 8. The van der Waals surface area contributed by atoms with Gasteiger partial charge in [0.25, 0.3) is 0 Å². The number of esters is 2. The standard InChI is InChI=1S/C26H51NO4/c1-6-8-10-11-12-13-14-15-18-24(17-9-7-2)21-26(29)30-22-23(3)31-25(28)19-16-20-27(4)5/h23-24H,6-22H2,1-5H3. The highest BCUT2D eigenvalue weighted by Gasteiger charge is 2.17. The fourth-order valence-corrected chi connectivity index (χ4v) is 3.77. The average molecular weight is 442 g/mol. The van der Waals surface area contributed by atoms with Gasteiger partial charge in [-0.15, -0.1) is 0 Å². The van der Waals surface area contributed by atoms with Crippen LogP contribution in [0.1, 0.15) is 117 Å². The van der Waals surface area contributed by atoms with E-state index >= 15 is 0 Å². The summed E-state index contributed by atoms with van der Waals surface area (Å²) in [6, 6.07) is 0. The SMILES string of the molecule is CCCCCCCCCCC(CCCC)CC(=O)OCC(C)OC(=O)CCCN(C)C. The van der Waals surface area contributed by atoms with Crippen LogP contribution >= 0.6 is 0 Å². The molecule has 184 valence electrons. The summed E-state index contributed by atoms with van der Waals surface area (Å²) in [5.74, 6) is 0.0357. The summed E-state index contributed by atoms with van der Waals surface area (Å²) in [6.45, 7) is 7.24. The normalized spacial score (nSPS) is 13.2. The molecule has 0 aliphatic carbocycles. The minimum atomic E-state index is -0.391. The number of hydrogen-bond acceptors (Lipinski definition) is 5. The molecule has 0 saturated heterocycles. The van der Waals surface area contributed by atoms with Crippen molar-refractivity contribution >= 4 is 11.9 Å². The van der Waals surface area contributed by atoms with Gasteiger partial charge in [0.2, 0.25) is 0 Å². The molecular weight excluding hydrogens is 390 g/mol. The summed E-state index contributed by atoms with van der Waals surface area (Å²) in [6.07, 6.45) is 16.3. The van der Waals surface area contributed by atoms with Crippen LogP contribution in [0.25, 0.3) is 0 Å². The van der Waals surface area contributed by atoms with Gasteiger partial charge in [-0.2, -0.15) is 0 Å². The Hall–Kier alpha value is -1.10. The van der Waals surface area contributed by atoms with Gasteiger partial charge in [0.1, 0.15) is 12.7 Å². The molecule has 0 aromatic heterocycles. The lowest BCUT2D eigenvalue weighted by atomic mass is 9.92. The van der Waals surface area contributed by atoms with Crippen molar-refractivity contribution in [2.75, 3.05) is 27.2 Å². The molecule has 0 amide bonds. The van der Waals surface area contributed by atoms with Crippen LogP contribution in [-0.2, 0) is 19.1 Å². The van der Waals surface area contributed by atoms with E-state index < -0.39 is 6.10 Å². The fourth-order valence-electron chi connectivity index (χ4n) is 3.77. The Morgan fingerprint density at radius 2 is 1.35 bits per heavy atom. The lowest BCUT2D eigenvalue weighted by Crippen LogP contribution is -2.24. The van der Waals surface area contributed by atoms with Crippen molar-refractivity contribution in [3.05, 3.63) is 0 Å². The molecule has 0 radical (unpaired) electrons. The van der Waals surface area contributed by atoms with Gasteiger partial charge in [0.15, 0.2) is 0 Å². The molecule has 5 heteroatoms. The molecule has 0 heterocycles. The predicted octanol–water partition coefficient (Wildman–Crippen LogP) is 6.53. The number of rotatable bonds is 21. The average Bonchev–Trinajstić information content (AvgIpc) is 2.71. The maximum Gasteiger partial charge on any atom is 0.306 e. The number of ether oxygens (including phenoxy) is 2. The van der Waals surface area contributed by atoms with Gasteiger partial charge in [0.05, 0.1) is 0 Å². The first kappa shape index (κ1) is 29.9. The number of hydrogen-bond donors (Lipinski definition) is 0. The Bertz CT molecular complexity index is 439. The molecule has 5 nitrogen and oxygen atoms in total. The molecule has 0 aromatic rings. The molecule has 0 rings (SSSR count). The van der Waals surface area contributed by atoms with Crippen molar-refractivity contribution in [2.45, 2.75) is 123 Å². The van der Waals surface area contributed by atoms with Crippen molar-refractivity contribution in [3.63, 3.8) is 0 Å². The molecule has 0 aliphatic rings. The van der Waals surface area contributed by atoms with Crippen LogP contribution in [0.15, 0.2) is 0 Å². The molecule has 0 fully saturated rings. The zero-order valence-corrected chi connectivity index (χ0v) is 21.3. The maximum absolute atomic E-state index is 12.3. The third-order valence-corrected chi connectivity index (χ3v) is 5.69. The zero-order chi connectivity index (χ0) is 23.3. The van der Waals surface area contributed by atoms with Crippen LogP contribution in [-0.4, -0.2) is 50.2 Å². The third-order valence-electron chi connectivity index (χ3n) is 5.69. The summed E-state index contributed by atoms with van der Waals surface area (Å²) in [4.78, 5) is 26.2. The van der Waals surface area contributed by atoms with E-state index in [-0.39, 0.29) is 18.5 Å². The molecule has 0 bridgehead atoms. The van der Waals surface area contributed by atoms with Gasteiger partial charge in [-0.1, -0.05) is 78.1 Å². The van der Waals surface area contributed by atoms with E-state index in [1.807, 2.05) is 19.0 Å². The Kier molecular flexibility index (Phi) is 20.0. The number of carbonyl (C=O) groups is 2. The van der Waals surface area contributed by atoms with Crippen LogP contribution < -0.4 is 0 Å². The highest BCUT2D eigenvalue weighted by atomic mass is 16.6. The van der Waals surface area contributed by atoms with Crippen LogP contribution in [0.2, 0.25) is 0 Å². The second-order valence-corrected chi connectivity index (χ2v) is 9.37. The van der Waals surface area contributed by atoms with Gasteiger partial charge < -0.3 is 14.4 Å². The van der Waals surface area contributed by atoms with Crippen LogP contribution in [0.5, 0.6) is 0 Å². The van der Waals surface area contributed by atoms with Crippen molar-refractivity contribution in [1.29, 1.82) is 0 Å². The van der Waals surface area contributed by atoms with E-state index in [0.29, 0.717) is 18.8 Å². The molecule has 0 aliphatic heterocycles. The highest BCUT2D eigenvalue weighted by Crippen LogP contribution is 2.22. The van der Waals surface area contributed by atoms with Gasteiger partial charge in [0, 0.05) is 12.8 Å². The van der Waals surface area contributed by atoms with Gasteiger partial charge in [-0.25, -0.2) is 0 Å². The lowest BCUT2D eigenvalue weighted by molar-refractivity contribution is -0.158. The van der Waals surface area contributed by atoms with Crippen molar-refractivity contribution in [1.82, 2.24) is 4.90 Å². The lowest BCUT2D eigenvalue weighted by Gasteiger charge is -2.18. The molecule has 0 aromatic carbocycles. The van der Waals surface area contributed by atoms with E-state index in [4.69, 9.17) is 9.47 Å². The molecule has 2 atom stereocenters.